The van der Waals surface area contributed by atoms with Crippen molar-refractivity contribution in [3.05, 3.63) is 59.7 Å². The lowest BCUT2D eigenvalue weighted by Crippen LogP contribution is -2.21. The number of amides is 1. The summed E-state index contributed by atoms with van der Waals surface area (Å²) in [5, 5.41) is 23.3. The van der Waals surface area contributed by atoms with E-state index in [2.05, 4.69) is 65.8 Å². The zero-order valence-electron chi connectivity index (χ0n) is 19.1. The van der Waals surface area contributed by atoms with Gasteiger partial charge in [0.05, 0.1) is 11.5 Å². The second-order valence-corrected chi connectivity index (χ2v) is 9.36. The summed E-state index contributed by atoms with van der Waals surface area (Å²) in [4.78, 5) is 12.3. The molecule has 0 spiro atoms. The van der Waals surface area contributed by atoms with Crippen molar-refractivity contribution < 1.29 is 9.90 Å². The van der Waals surface area contributed by atoms with Crippen LogP contribution in [0.15, 0.2) is 58.8 Å². The largest absolute Gasteiger partial charge is 0.507 e. The molecule has 0 bridgehead atoms. The molecule has 0 saturated carbocycles. The first-order valence-electron chi connectivity index (χ1n) is 10.5. The van der Waals surface area contributed by atoms with E-state index in [-0.39, 0.29) is 22.8 Å². The topological polar surface area (TPSA) is 92.4 Å². The van der Waals surface area contributed by atoms with E-state index in [1.54, 1.807) is 31.2 Å². The average molecular weight is 452 g/mol. The number of carbonyl (C=O) groups excluding carboxylic acids is 1. The van der Waals surface area contributed by atoms with E-state index in [1.165, 1.54) is 17.3 Å². The summed E-state index contributed by atoms with van der Waals surface area (Å²) < 4.78 is 2.00. The Morgan fingerprint density at radius 3 is 2.44 bits per heavy atom. The van der Waals surface area contributed by atoms with Gasteiger partial charge < -0.3 is 9.67 Å². The van der Waals surface area contributed by atoms with E-state index in [9.17, 15) is 9.90 Å². The number of hydrogen-bond acceptors (Lipinski definition) is 6. The van der Waals surface area contributed by atoms with Crippen LogP contribution in [0.3, 0.4) is 0 Å². The van der Waals surface area contributed by atoms with Crippen molar-refractivity contribution in [3.63, 3.8) is 0 Å². The molecule has 0 atom stereocenters. The number of phenolic OH excluding ortho intramolecular Hbond substituents is 1. The first-order chi connectivity index (χ1) is 15.2. The second-order valence-electron chi connectivity index (χ2n) is 8.42. The van der Waals surface area contributed by atoms with Crippen LogP contribution in [-0.4, -0.2) is 37.2 Å². The van der Waals surface area contributed by atoms with Gasteiger partial charge in [-0.1, -0.05) is 68.9 Å². The summed E-state index contributed by atoms with van der Waals surface area (Å²) in [6.45, 7) is 11.0. The summed E-state index contributed by atoms with van der Waals surface area (Å²) in [6.07, 6.45) is 0. The molecular weight excluding hydrogens is 422 g/mol. The molecule has 0 radical (unpaired) electrons. The summed E-state index contributed by atoms with van der Waals surface area (Å²) in [5.41, 5.74) is 5.98. The van der Waals surface area contributed by atoms with Crippen LogP contribution in [0.1, 0.15) is 45.7 Å². The Balaban J connectivity index is 1.66. The zero-order valence-corrected chi connectivity index (χ0v) is 19.9. The van der Waals surface area contributed by atoms with Gasteiger partial charge >= 0.3 is 0 Å². The van der Waals surface area contributed by atoms with Gasteiger partial charge in [0.15, 0.2) is 11.0 Å². The van der Waals surface area contributed by atoms with Crippen molar-refractivity contribution in [1.82, 2.24) is 20.2 Å². The number of phenols is 1. The molecule has 2 N–H and O–H groups in total. The van der Waals surface area contributed by atoms with Crippen molar-refractivity contribution in [2.75, 3.05) is 5.75 Å². The number of thioether (sulfide) groups is 1. The standard InChI is InChI=1S/C24H29N5O2S/c1-6-29-22(17-11-13-18(14-12-17)24(3,4)5)27-28-23(29)32-15-21(31)26-25-16(2)19-9-7-8-10-20(19)30/h7-14,30H,6,15H2,1-5H3,(H,26,31). The fourth-order valence-electron chi connectivity index (χ4n) is 3.16. The number of benzene rings is 2. The molecule has 1 aromatic heterocycles. The lowest BCUT2D eigenvalue weighted by molar-refractivity contribution is -0.118. The van der Waals surface area contributed by atoms with Crippen molar-refractivity contribution >= 4 is 23.4 Å². The highest BCUT2D eigenvalue weighted by molar-refractivity contribution is 7.99. The molecule has 1 amide bonds. The highest BCUT2D eigenvalue weighted by atomic mass is 32.2. The van der Waals surface area contributed by atoms with E-state index in [1.807, 2.05) is 11.5 Å². The number of aromatic hydroxyl groups is 1. The van der Waals surface area contributed by atoms with E-state index in [4.69, 9.17) is 0 Å². The minimum atomic E-state index is -0.258. The van der Waals surface area contributed by atoms with Crippen molar-refractivity contribution in [2.45, 2.75) is 51.7 Å². The molecule has 3 aromatic rings. The Kier molecular flexibility index (Phi) is 7.35. The monoisotopic (exact) mass is 451 g/mol. The Morgan fingerprint density at radius 2 is 1.81 bits per heavy atom. The Morgan fingerprint density at radius 1 is 1.12 bits per heavy atom. The van der Waals surface area contributed by atoms with Gasteiger partial charge in [-0.15, -0.1) is 10.2 Å². The SMILES string of the molecule is CCn1c(SCC(=O)NN=C(C)c2ccccc2O)nnc1-c1ccc(C(C)(C)C)cc1. The lowest BCUT2D eigenvalue weighted by atomic mass is 9.87. The quantitative estimate of drug-likeness (QED) is 0.311. The highest BCUT2D eigenvalue weighted by Crippen LogP contribution is 2.27. The van der Waals surface area contributed by atoms with E-state index in [0.29, 0.717) is 23.0 Å². The first-order valence-corrected chi connectivity index (χ1v) is 11.5. The fraction of sp³-hybridized carbons (Fsp3) is 0.333. The number of hydrazone groups is 1. The Bertz CT molecular complexity index is 1110. The van der Waals surface area contributed by atoms with Gasteiger partial charge in [0.1, 0.15) is 5.75 Å². The third-order valence-electron chi connectivity index (χ3n) is 5.02. The number of nitrogens with one attached hydrogen (secondary N) is 1. The van der Waals surface area contributed by atoms with Crippen LogP contribution in [-0.2, 0) is 16.8 Å². The number of aromatic nitrogens is 3. The maximum atomic E-state index is 12.3. The van der Waals surface area contributed by atoms with Crippen LogP contribution in [0.5, 0.6) is 5.75 Å². The minimum Gasteiger partial charge on any atom is -0.507 e. The fourth-order valence-corrected chi connectivity index (χ4v) is 3.96. The molecule has 168 valence electrons. The van der Waals surface area contributed by atoms with Crippen LogP contribution in [0.2, 0.25) is 0 Å². The predicted molar refractivity (Wildman–Crippen MR) is 129 cm³/mol. The molecule has 0 aliphatic carbocycles. The maximum Gasteiger partial charge on any atom is 0.250 e. The number of nitrogens with zero attached hydrogens (tertiary/aromatic N) is 4. The smallest absolute Gasteiger partial charge is 0.250 e. The maximum absolute atomic E-state index is 12.3. The number of rotatable bonds is 7. The summed E-state index contributed by atoms with van der Waals surface area (Å²) >= 11 is 1.31. The number of para-hydroxylation sites is 1. The molecule has 0 aliphatic rings. The Labute approximate surface area is 193 Å². The third kappa shape index (κ3) is 5.56. The molecule has 7 nitrogen and oxygen atoms in total. The molecular formula is C24H29N5O2S. The predicted octanol–water partition coefficient (Wildman–Crippen LogP) is 4.60. The van der Waals surface area contributed by atoms with Gasteiger partial charge in [-0.05, 0) is 37.0 Å². The van der Waals surface area contributed by atoms with Crippen molar-refractivity contribution in [2.24, 2.45) is 5.10 Å². The van der Waals surface area contributed by atoms with E-state index >= 15 is 0 Å². The second kappa shape index (κ2) is 9.99. The van der Waals surface area contributed by atoms with Crippen LogP contribution >= 0.6 is 11.8 Å². The summed E-state index contributed by atoms with van der Waals surface area (Å²) in [5.74, 6) is 0.797. The van der Waals surface area contributed by atoms with Crippen molar-refractivity contribution in [3.8, 4) is 17.1 Å². The minimum absolute atomic E-state index is 0.0887. The number of carbonyl (C=O) groups is 1. The summed E-state index contributed by atoms with van der Waals surface area (Å²) in [6, 6.07) is 15.2. The van der Waals surface area contributed by atoms with Gasteiger partial charge in [-0.2, -0.15) is 5.10 Å². The molecule has 0 aliphatic heterocycles. The highest BCUT2D eigenvalue weighted by Gasteiger charge is 2.17. The third-order valence-corrected chi connectivity index (χ3v) is 5.98. The van der Waals surface area contributed by atoms with Crippen LogP contribution in [0.25, 0.3) is 11.4 Å². The molecule has 1 heterocycles. The van der Waals surface area contributed by atoms with Gasteiger partial charge in [0.25, 0.3) is 5.91 Å². The molecule has 0 saturated heterocycles. The molecule has 32 heavy (non-hydrogen) atoms. The van der Waals surface area contributed by atoms with Gasteiger partial charge in [-0.3, -0.25) is 4.79 Å². The molecule has 0 unspecified atom stereocenters. The number of hydrogen-bond donors (Lipinski definition) is 2. The van der Waals surface area contributed by atoms with Crippen LogP contribution in [0, 0.1) is 0 Å². The molecule has 8 heteroatoms. The first kappa shape index (κ1) is 23.5. The van der Waals surface area contributed by atoms with Crippen molar-refractivity contribution in [1.29, 1.82) is 0 Å². The van der Waals surface area contributed by atoms with Gasteiger partial charge in [-0.25, -0.2) is 5.43 Å². The molecule has 2 aromatic carbocycles. The van der Waals surface area contributed by atoms with Crippen LogP contribution in [0.4, 0.5) is 0 Å². The van der Waals surface area contributed by atoms with E-state index in [0.717, 1.165) is 11.4 Å². The van der Waals surface area contributed by atoms with Crippen LogP contribution < -0.4 is 5.43 Å². The van der Waals surface area contributed by atoms with E-state index < -0.39 is 0 Å². The van der Waals surface area contributed by atoms with Gasteiger partial charge in [0, 0.05) is 17.7 Å². The Hall–Kier alpha value is -3.13. The normalized spacial score (nSPS) is 12.1. The summed E-state index contributed by atoms with van der Waals surface area (Å²) in [7, 11) is 0. The lowest BCUT2D eigenvalue weighted by Gasteiger charge is -2.19. The molecule has 3 rings (SSSR count). The average Bonchev–Trinajstić information content (AvgIpc) is 3.18. The molecule has 0 fully saturated rings. The zero-order chi connectivity index (χ0) is 23.3. The van der Waals surface area contributed by atoms with Gasteiger partial charge in [0.2, 0.25) is 0 Å².